The van der Waals surface area contributed by atoms with Crippen molar-refractivity contribution in [3.8, 4) is 0 Å². The second-order valence-electron chi connectivity index (χ2n) is 3.50. The molecule has 0 bridgehead atoms. The summed E-state index contributed by atoms with van der Waals surface area (Å²) in [6.45, 7) is 0. The summed E-state index contributed by atoms with van der Waals surface area (Å²) < 4.78 is 2.76. The van der Waals surface area contributed by atoms with E-state index in [-0.39, 0.29) is 0 Å². The first-order valence-electron chi connectivity index (χ1n) is 5.56. The van der Waals surface area contributed by atoms with Crippen molar-refractivity contribution in [1.29, 1.82) is 0 Å². The van der Waals surface area contributed by atoms with Crippen LogP contribution in [-0.2, 0) is 15.2 Å². The van der Waals surface area contributed by atoms with E-state index in [1.165, 1.54) is 8.87 Å². The molecule has 0 radical (unpaired) electrons. The summed E-state index contributed by atoms with van der Waals surface area (Å²) in [5, 5.41) is 0. The monoisotopic (exact) mass is 258 g/mol. The molecular formula is C16H14Cr. The summed E-state index contributed by atoms with van der Waals surface area (Å²) in [7, 11) is 0. The third-order valence-corrected chi connectivity index (χ3v) is 3.75. The second-order valence-corrected chi connectivity index (χ2v) is 5.29. The fraction of sp³-hybridized carbons (Fsp3) is 0. The van der Waals surface area contributed by atoms with E-state index in [0.29, 0.717) is 15.2 Å². The van der Waals surface area contributed by atoms with Crippen LogP contribution in [0.15, 0.2) is 93.9 Å². The SMILES string of the molecule is C1=CC=C[C]([Cr][C]2=CC=CC=CC=C2)=CC=C1. The fourth-order valence-electron chi connectivity index (χ4n) is 1.37. The van der Waals surface area contributed by atoms with Crippen molar-refractivity contribution >= 4 is 0 Å². The molecule has 0 atom stereocenters. The zero-order chi connectivity index (χ0) is 11.8. The quantitative estimate of drug-likeness (QED) is 0.696. The van der Waals surface area contributed by atoms with E-state index in [4.69, 9.17) is 0 Å². The molecule has 0 unspecified atom stereocenters. The molecule has 0 amide bonds. The molecule has 0 aromatic heterocycles. The van der Waals surface area contributed by atoms with Gasteiger partial charge in [0.15, 0.2) is 0 Å². The van der Waals surface area contributed by atoms with Gasteiger partial charge in [-0.1, -0.05) is 0 Å². The predicted octanol–water partition coefficient (Wildman–Crippen LogP) is 4.20. The van der Waals surface area contributed by atoms with Gasteiger partial charge in [0.2, 0.25) is 0 Å². The number of rotatable bonds is 2. The standard InChI is InChI=1S/2C8H7.Cr/c2*1-2-4-6-8-7-5-3-1;/h2*1-7H;. The minimum absolute atomic E-state index is 0.359. The number of allylic oxidation sites excluding steroid dienone is 16. The normalized spacial score (nSPS) is 18.1. The Labute approximate surface area is 109 Å². The van der Waals surface area contributed by atoms with Gasteiger partial charge in [0.25, 0.3) is 0 Å². The number of hydrogen-bond donors (Lipinski definition) is 0. The van der Waals surface area contributed by atoms with E-state index in [2.05, 4.69) is 72.9 Å². The molecule has 0 fully saturated rings. The summed E-state index contributed by atoms with van der Waals surface area (Å²) in [6.07, 6.45) is 29.5. The summed E-state index contributed by atoms with van der Waals surface area (Å²) >= 11 is 0.359. The van der Waals surface area contributed by atoms with Gasteiger partial charge in [-0.15, -0.1) is 0 Å². The van der Waals surface area contributed by atoms with Gasteiger partial charge in [0, 0.05) is 0 Å². The number of hydrogen-bond acceptors (Lipinski definition) is 0. The van der Waals surface area contributed by atoms with Crippen molar-refractivity contribution in [2.75, 3.05) is 0 Å². The van der Waals surface area contributed by atoms with Crippen LogP contribution in [0.5, 0.6) is 0 Å². The molecule has 0 saturated heterocycles. The van der Waals surface area contributed by atoms with Gasteiger partial charge in [-0.2, -0.15) is 0 Å². The van der Waals surface area contributed by atoms with E-state index in [0.717, 1.165) is 0 Å². The molecule has 2 aliphatic rings. The molecule has 0 aromatic rings. The molecule has 17 heavy (non-hydrogen) atoms. The van der Waals surface area contributed by atoms with E-state index >= 15 is 0 Å². The minimum atomic E-state index is 0.359. The van der Waals surface area contributed by atoms with Crippen LogP contribution in [0.3, 0.4) is 0 Å². The van der Waals surface area contributed by atoms with E-state index < -0.39 is 0 Å². The van der Waals surface area contributed by atoms with Crippen molar-refractivity contribution in [1.82, 2.24) is 0 Å². The van der Waals surface area contributed by atoms with Gasteiger partial charge < -0.3 is 0 Å². The maximum atomic E-state index is 2.19. The van der Waals surface area contributed by atoms with E-state index in [1.54, 1.807) is 0 Å². The summed E-state index contributed by atoms with van der Waals surface area (Å²) in [5.41, 5.74) is 0. The van der Waals surface area contributed by atoms with Crippen LogP contribution in [0.4, 0.5) is 0 Å². The Bertz CT molecular complexity index is 446. The predicted molar refractivity (Wildman–Crippen MR) is 71.0 cm³/mol. The fourth-order valence-corrected chi connectivity index (χ4v) is 2.71. The van der Waals surface area contributed by atoms with Crippen molar-refractivity contribution in [2.24, 2.45) is 0 Å². The molecule has 2 rings (SSSR count). The van der Waals surface area contributed by atoms with Crippen molar-refractivity contribution < 1.29 is 15.2 Å². The third kappa shape index (κ3) is 4.45. The Morgan fingerprint density at radius 2 is 0.882 bits per heavy atom. The topological polar surface area (TPSA) is 0 Å². The van der Waals surface area contributed by atoms with Gasteiger partial charge >= 0.3 is 109 Å². The van der Waals surface area contributed by atoms with Gasteiger partial charge in [-0.25, -0.2) is 0 Å². The molecule has 0 saturated carbocycles. The van der Waals surface area contributed by atoms with Crippen LogP contribution in [0.25, 0.3) is 0 Å². The molecule has 0 nitrogen and oxygen atoms in total. The first kappa shape index (κ1) is 11.9. The Kier molecular flexibility index (Phi) is 4.85. The van der Waals surface area contributed by atoms with Gasteiger partial charge in [-0.3, -0.25) is 0 Å². The average molecular weight is 258 g/mol. The van der Waals surface area contributed by atoms with Gasteiger partial charge in [-0.05, 0) is 0 Å². The first-order chi connectivity index (χ1) is 8.45. The second kappa shape index (κ2) is 6.91. The van der Waals surface area contributed by atoms with Crippen LogP contribution >= 0.6 is 0 Å². The van der Waals surface area contributed by atoms with Crippen molar-refractivity contribution in [3.05, 3.63) is 93.9 Å². The molecular weight excluding hydrogens is 244 g/mol. The van der Waals surface area contributed by atoms with E-state index in [1.807, 2.05) is 12.2 Å². The molecule has 1 heteroatoms. The molecule has 0 spiro atoms. The van der Waals surface area contributed by atoms with Crippen LogP contribution in [-0.4, -0.2) is 0 Å². The molecule has 0 aromatic carbocycles. The Morgan fingerprint density at radius 1 is 0.471 bits per heavy atom. The van der Waals surface area contributed by atoms with E-state index in [9.17, 15) is 0 Å². The van der Waals surface area contributed by atoms with Crippen LogP contribution in [0.1, 0.15) is 0 Å². The van der Waals surface area contributed by atoms with Gasteiger partial charge in [0.1, 0.15) is 0 Å². The van der Waals surface area contributed by atoms with Crippen molar-refractivity contribution in [2.45, 2.75) is 0 Å². The molecule has 84 valence electrons. The zero-order valence-electron chi connectivity index (χ0n) is 9.49. The summed E-state index contributed by atoms with van der Waals surface area (Å²) in [5.74, 6) is 0. The Morgan fingerprint density at radius 3 is 1.41 bits per heavy atom. The van der Waals surface area contributed by atoms with Crippen LogP contribution in [0, 0.1) is 0 Å². The summed E-state index contributed by atoms with van der Waals surface area (Å²) in [6, 6.07) is 0. The first-order valence-corrected chi connectivity index (χ1v) is 6.84. The summed E-state index contributed by atoms with van der Waals surface area (Å²) in [4.78, 5) is 0. The molecule has 0 heterocycles. The van der Waals surface area contributed by atoms with Crippen LogP contribution in [0.2, 0.25) is 0 Å². The molecule has 0 N–H and O–H groups in total. The average Bonchev–Trinajstić information content (AvgIpc) is 2.24. The molecule has 0 aliphatic heterocycles. The molecule has 2 aliphatic carbocycles. The zero-order valence-corrected chi connectivity index (χ0v) is 10.8. The maximum absolute atomic E-state index is 2.19. The Hall–Kier alpha value is -1.55. The van der Waals surface area contributed by atoms with Gasteiger partial charge in [0.05, 0.1) is 0 Å². The third-order valence-electron chi connectivity index (χ3n) is 2.17. The van der Waals surface area contributed by atoms with Crippen molar-refractivity contribution in [3.63, 3.8) is 0 Å². The van der Waals surface area contributed by atoms with Crippen LogP contribution < -0.4 is 0 Å². The Balaban J connectivity index is 2.10.